The van der Waals surface area contributed by atoms with Crippen LogP contribution in [-0.4, -0.2) is 41.7 Å². The van der Waals surface area contributed by atoms with Crippen LogP contribution >= 0.6 is 11.8 Å². The van der Waals surface area contributed by atoms with Crippen molar-refractivity contribution in [2.45, 2.75) is 44.1 Å². The minimum Gasteiger partial charge on any atom is -0.466 e. The molecule has 144 valence electrons. The third kappa shape index (κ3) is 4.96. The van der Waals surface area contributed by atoms with E-state index in [0.29, 0.717) is 32.5 Å². The van der Waals surface area contributed by atoms with Crippen molar-refractivity contribution < 1.29 is 23.1 Å². The maximum Gasteiger partial charge on any atom is 0.309 e. The lowest BCUT2D eigenvalue weighted by molar-refractivity contribution is -0.151. The SMILES string of the molecule is CCOC(=O)C1CCN(C(=O)C(C)SC(C)c2c(F)cccc2F)CC1. The summed E-state index contributed by atoms with van der Waals surface area (Å²) in [5.41, 5.74) is -0.00170. The van der Waals surface area contributed by atoms with Crippen LogP contribution in [-0.2, 0) is 14.3 Å². The Balaban J connectivity index is 1.91. The van der Waals surface area contributed by atoms with Gasteiger partial charge in [0.2, 0.25) is 5.91 Å². The molecular weight excluding hydrogens is 360 g/mol. The number of nitrogens with zero attached hydrogens (tertiary/aromatic N) is 1. The van der Waals surface area contributed by atoms with Crippen molar-refractivity contribution in [1.29, 1.82) is 0 Å². The molecular formula is C19H25F2NO3S. The Bertz CT molecular complexity index is 627. The summed E-state index contributed by atoms with van der Waals surface area (Å²) in [7, 11) is 0. The summed E-state index contributed by atoms with van der Waals surface area (Å²) in [5.74, 6) is -1.63. The maximum atomic E-state index is 13.9. The van der Waals surface area contributed by atoms with E-state index in [1.54, 1.807) is 25.7 Å². The first kappa shape index (κ1) is 20.7. The molecule has 26 heavy (non-hydrogen) atoms. The molecule has 1 aliphatic heterocycles. The lowest BCUT2D eigenvalue weighted by atomic mass is 9.97. The van der Waals surface area contributed by atoms with Crippen molar-refractivity contribution >= 4 is 23.6 Å². The molecule has 0 bridgehead atoms. The van der Waals surface area contributed by atoms with E-state index in [2.05, 4.69) is 0 Å². The van der Waals surface area contributed by atoms with Gasteiger partial charge in [-0.3, -0.25) is 9.59 Å². The van der Waals surface area contributed by atoms with Crippen molar-refractivity contribution in [3.05, 3.63) is 35.4 Å². The lowest BCUT2D eigenvalue weighted by Gasteiger charge is -2.33. The highest BCUT2D eigenvalue weighted by Gasteiger charge is 2.31. The molecule has 1 heterocycles. The Labute approximate surface area is 157 Å². The zero-order chi connectivity index (χ0) is 19.3. The summed E-state index contributed by atoms with van der Waals surface area (Å²) in [5, 5.41) is -0.907. The normalized spacial score (nSPS) is 17.7. The van der Waals surface area contributed by atoms with Gasteiger partial charge in [0, 0.05) is 23.9 Å². The maximum absolute atomic E-state index is 13.9. The third-order valence-corrected chi connectivity index (χ3v) is 5.84. The smallest absolute Gasteiger partial charge is 0.309 e. The van der Waals surface area contributed by atoms with Crippen molar-refractivity contribution in [3.8, 4) is 0 Å². The average molecular weight is 385 g/mol. The number of benzene rings is 1. The molecule has 0 aromatic heterocycles. The number of rotatable bonds is 6. The summed E-state index contributed by atoms with van der Waals surface area (Å²) in [4.78, 5) is 26.1. The molecule has 2 unspecified atom stereocenters. The first-order chi connectivity index (χ1) is 12.3. The van der Waals surface area contributed by atoms with Gasteiger partial charge < -0.3 is 9.64 Å². The van der Waals surface area contributed by atoms with Gasteiger partial charge in [0.15, 0.2) is 0 Å². The molecule has 7 heteroatoms. The number of thioether (sulfide) groups is 1. The summed E-state index contributed by atoms with van der Waals surface area (Å²) in [6.45, 7) is 6.57. The topological polar surface area (TPSA) is 46.6 Å². The standard InChI is InChI=1S/C19H25F2NO3S/c1-4-25-19(24)14-8-10-22(11-9-14)18(23)13(3)26-12(2)17-15(20)6-5-7-16(17)21/h5-7,12-14H,4,8-11H2,1-3H3. The third-order valence-electron chi connectivity index (χ3n) is 4.59. The second kappa shape index (κ2) is 9.35. The van der Waals surface area contributed by atoms with Crippen LogP contribution < -0.4 is 0 Å². The molecule has 1 aromatic carbocycles. The predicted octanol–water partition coefficient (Wildman–Crippen LogP) is 3.95. The van der Waals surface area contributed by atoms with Crippen LogP contribution in [0.25, 0.3) is 0 Å². The Kier molecular flexibility index (Phi) is 7.43. The molecule has 4 nitrogen and oxygen atoms in total. The number of carbonyl (C=O) groups excluding carboxylic acids is 2. The Morgan fingerprint density at radius 2 is 1.81 bits per heavy atom. The lowest BCUT2D eigenvalue weighted by Crippen LogP contribution is -2.43. The molecule has 1 fully saturated rings. The van der Waals surface area contributed by atoms with Gasteiger partial charge in [0.1, 0.15) is 11.6 Å². The Morgan fingerprint density at radius 3 is 2.35 bits per heavy atom. The van der Waals surface area contributed by atoms with E-state index < -0.39 is 22.1 Å². The van der Waals surface area contributed by atoms with Gasteiger partial charge in [-0.05, 0) is 45.7 Å². The summed E-state index contributed by atoms with van der Waals surface area (Å²) < 4.78 is 32.8. The van der Waals surface area contributed by atoms with Crippen LogP contribution in [0.15, 0.2) is 18.2 Å². The van der Waals surface area contributed by atoms with Gasteiger partial charge in [0.05, 0.1) is 17.8 Å². The van der Waals surface area contributed by atoms with Crippen LogP contribution in [0.1, 0.15) is 44.4 Å². The van der Waals surface area contributed by atoms with Crippen LogP contribution in [0.4, 0.5) is 8.78 Å². The number of hydrogen-bond acceptors (Lipinski definition) is 4. The molecule has 0 N–H and O–H groups in total. The Hall–Kier alpha value is -1.63. The van der Waals surface area contributed by atoms with Gasteiger partial charge >= 0.3 is 5.97 Å². The number of likely N-dealkylation sites (tertiary alicyclic amines) is 1. The van der Waals surface area contributed by atoms with E-state index in [-0.39, 0.29) is 23.4 Å². The highest BCUT2D eigenvalue weighted by atomic mass is 32.2. The second-order valence-corrected chi connectivity index (χ2v) is 8.09. The van der Waals surface area contributed by atoms with E-state index in [4.69, 9.17) is 4.74 Å². The molecule has 0 spiro atoms. The molecule has 0 saturated carbocycles. The second-order valence-electron chi connectivity index (χ2n) is 6.41. The number of halogens is 2. The summed E-state index contributed by atoms with van der Waals surface area (Å²) >= 11 is 1.24. The molecule has 1 aliphatic rings. The number of piperidine rings is 1. The summed E-state index contributed by atoms with van der Waals surface area (Å²) in [6.07, 6.45) is 1.17. The highest BCUT2D eigenvalue weighted by Crippen LogP contribution is 2.35. The monoisotopic (exact) mass is 385 g/mol. The molecule has 2 atom stereocenters. The highest BCUT2D eigenvalue weighted by molar-refractivity contribution is 8.00. The first-order valence-corrected chi connectivity index (χ1v) is 9.84. The fraction of sp³-hybridized carbons (Fsp3) is 0.579. The molecule has 1 amide bonds. The van der Waals surface area contributed by atoms with Crippen LogP contribution in [0.3, 0.4) is 0 Å². The van der Waals surface area contributed by atoms with Gasteiger partial charge in [0.25, 0.3) is 0 Å². The van der Waals surface area contributed by atoms with Crippen LogP contribution in [0.2, 0.25) is 0 Å². The number of ether oxygens (including phenoxy) is 1. The van der Waals surface area contributed by atoms with Gasteiger partial charge in [-0.2, -0.15) is 0 Å². The molecule has 1 saturated heterocycles. The number of hydrogen-bond donors (Lipinski definition) is 0. The summed E-state index contributed by atoms with van der Waals surface area (Å²) in [6, 6.07) is 3.78. The van der Waals surface area contributed by atoms with E-state index in [9.17, 15) is 18.4 Å². The fourth-order valence-corrected chi connectivity index (χ4v) is 4.42. The fourth-order valence-electron chi connectivity index (χ4n) is 3.18. The van der Waals surface area contributed by atoms with Gasteiger partial charge in [-0.25, -0.2) is 8.78 Å². The van der Waals surface area contributed by atoms with Crippen molar-refractivity contribution in [3.63, 3.8) is 0 Å². The number of amides is 1. The van der Waals surface area contributed by atoms with Gasteiger partial charge in [-0.15, -0.1) is 11.8 Å². The van der Waals surface area contributed by atoms with Crippen molar-refractivity contribution in [2.75, 3.05) is 19.7 Å². The van der Waals surface area contributed by atoms with Crippen molar-refractivity contribution in [2.24, 2.45) is 5.92 Å². The van der Waals surface area contributed by atoms with Crippen LogP contribution in [0.5, 0.6) is 0 Å². The largest absolute Gasteiger partial charge is 0.466 e. The van der Waals surface area contributed by atoms with E-state index in [0.717, 1.165) is 0 Å². The molecule has 2 rings (SSSR count). The molecule has 1 aromatic rings. The predicted molar refractivity (Wildman–Crippen MR) is 97.8 cm³/mol. The quantitative estimate of drug-likeness (QED) is 0.696. The van der Waals surface area contributed by atoms with E-state index >= 15 is 0 Å². The Morgan fingerprint density at radius 1 is 1.23 bits per heavy atom. The zero-order valence-electron chi connectivity index (χ0n) is 15.3. The van der Waals surface area contributed by atoms with E-state index in [1.807, 2.05) is 0 Å². The van der Waals surface area contributed by atoms with Crippen LogP contribution in [0, 0.1) is 17.6 Å². The average Bonchev–Trinajstić information content (AvgIpc) is 2.61. The number of carbonyl (C=O) groups is 2. The minimum atomic E-state index is -0.597. The number of esters is 1. The van der Waals surface area contributed by atoms with E-state index in [1.165, 1.54) is 30.0 Å². The molecule has 0 aliphatic carbocycles. The minimum absolute atomic E-state index is 0.00170. The molecule has 0 radical (unpaired) electrons. The first-order valence-electron chi connectivity index (χ1n) is 8.89. The zero-order valence-corrected chi connectivity index (χ0v) is 16.2. The van der Waals surface area contributed by atoms with Crippen molar-refractivity contribution in [1.82, 2.24) is 4.90 Å². The van der Waals surface area contributed by atoms with Gasteiger partial charge in [-0.1, -0.05) is 6.07 Å².